The Labute approximate surface area is 215 Å². The fourth-order valence-corrected chi connectivity index (χ4v) is 4.71. The predicted molar refractivity (Wildman–Crippen MR) is 140 cm³/mol. The highest BCUT2D eigenvalue weighted by Gasteiger charge is 2.17. The Hall–Kier alpha value is -4.57. The van der Waals surface area contributed by atoms with E-state index in [-0.39, 0.29) is 0 Å². The van der Waals surface area contributed by atoms with Crippen LogP contribution in [0.2, 0.25) is 0 Å². The summed E-state index contributed by atoms with van der Waals surface area (Å²) >= 11 is 1.36. The monoisotopic (exact) mass is 514 g/mol. The number of furan rings is 1. The number of pyridine rings is 1. The van der Waals surface area contributed by atoms with Gasteiger partial charge in [0, 0.05) is 22.6 Å². The number of hydrogen-bond acceptors (Lipinski definition) is 9. The molecule has 0 bridgehead atoms. The van der Waals surface area contributed by atoms with Crippen LogP contribution in [0.3, 0.4) is 0 Å². The molecular formula is C27H22N4O5S. The molecule has 0 radical (unpaired) electrons. The van der Waals surface area contributed by atoms with Gasteiger partial charge in [0.25, 0.3) is 5.19 Å². The lowest BCUT2D eigenvalue weighted by molar-refractivity contribution is 0.307. The fourth-order valence-electron chi connectivity index (χ4n) is 4.01. The Bertz CT molecular complexity index is 1670. The third-order valence-corrected chi connectivity index (χ3v) is 6.76. The molecule has 0 N–H and O–H groups in total. The minimum absolute atomic E-state index is 0.323. The molecule has 0 atom stereocenters. The molecule has 0 spiro atoms. The van der Waals surface area contributed by atoms with Crippen LogP contribution in [-0.2, 0) is 6.61 Å². The molecular weight excluding hydrogens is 492 g/mol. The zero-order chi connectivity index (χ0) is 25.4. The van der Waals surface area contributed by atoms with Crippen LogP contribution in [0.4, 0.5) is 0 Å². The predicted octanol–water partition coefficient (Wildman–Crippen LogP) is 5.87. The number of rotatable bonds is 8. The van der Waals surface area contributed by atoms with Crippen LogP contribution in [-0.4, -0.2) is 40.9 Å². The lowest BCUT2D eigenvalue weighted by Crippen LogP contribution is -1.97. The normalized spacial score (nSPS) is 11.2. The van der Waals surface area contributed by atoms with E-state index in [4.69, 9.17) is 23.4 Å². The van der Waals surface area contributed by atoms with E-state index in [0.717, 1.165) is 32.9 Å². The third-order valence-electron chi connectivity index (χ3n) is 5.88. The van der Waals surface area contributed by atoms with Crippen molar-refractivity contribution in [1.29, 1.82) is 0 Å². The molecule has 0 aliphatic heterocycles. The van der Waals surface area contributed by atoms with E-state index in [1.165, 1.54) is 11.3 Å². The van der Waals surface area contributed by atoms with Crippen molar-refractivity contribution in [3.8, 4) is 45.2 Å². The Morgan fingerprint density at radius 3 is 2.54 bits per heavy atom. The standard InChI is InChI=1S/C27H22N4O5S/c1-32-19-7-8-22(28-13-19)16-5-4-6-18(9-16)35-15-17-10-20(33-2)11-24-21(17)12-25(36-24)23-14-31-26(29-23)37-27(30-31)34-3/h4-14H,15H2,1-3H3. The number of hydrogen-bond donors (Lipinski definition) is 0. The highest BCUT2D eigenvalue weighted by atomic mass is 32.1. The van der Waals surface area contributed by atoms with E-state index in [0.29, 0.717) is 40.3 Å². The lowest BCUT2D eigenvalue weighted by Gasteiger charge is -2.10. The van der Waals surface area contributed by atoms with Gasteiger partial charge >= 0.3 is 0 Å². The first-order valence-electron chi connectivity index (χ1n) is 11.4. The molecule has 2 aromatic carbocycles. The summed E-state index contributed by atoms with van der Waals surface area (Å²) in [5.74, 6) is 2.75. The minimum Gasteiger partial charge on any atom is -0.497 e. The molecule has 0 amide bonds. The quantitative estimate of drug-likeness (QED) is 0.249. The van der Waals surface area contributed by atoms with Crippen LogP contribution < -0.4 is 18.9 Å². The molecule has 6 aromatic rings. The van der Waals surface area contributed by atoms with E-state index >= 15 is 0 Å². The largest absolute Gasteiger partial charge is 0.497 e. The van der Waals surface area contributed by atoms with Gasteiger partial charge in [0.05, 0.1) is 39.4 Å². The average molecular weight is 515 g/mol. The van der Waals surface area contributed by atoms with E-state index < -0.39 is 0 Å². The first kappa shape index (κ1) is 22.9. The molecule has 0 unspecified atom stereocenters. The maximum absolute atomic E-state index is 6.19. The average Bonchev–Trinajstić information content (AvgIpc) is 3.65. The summed E-state index contributed by atoms with van der Waals surface area (Å²) in [7, 11) is 4.83. The van der Waals surface area contributed by atoms with Crippen molar-refractivity contribution in [3.63, 3.8) is 0 Å². The van der Waals surface area contributed by atoms with Crippen molar-refractivity contribution >= 4 is 27.3 Å². The zero-order valence-corrected chi connectivity index (χ0v) is 21.1. The molecule has 6 rings (SSSR count). The van der Waals surface area contributed by atoms with Gasteiger partial charge in [-0.15, -0.1) is 5.10 Å². The van der Waals surface area contributed by atoms with Crippen LogP contribution in [0, 0.1) is 0 Å². The highest BCUT2D eigenvalue weighted by molar-refractivity contribution is 7.18. The van der Waals surface area contributed by atoms with Crippen LogP contribution in [0.1, 0.15) is 5.56 Å². The molecule has 4 aromatic heterocycles. The summed E-state index contributed by atoms with van der Waals surface area (Å²) in [6, 6.07) is 17.4. The fraction of sp³-hybridized carbons (Fsp3) is 0.148. The first-order chi connectivity index (χ1) is 18.1. The number of methoxy groups -OCH3 is 3. The Morgan fingerprint density at radius 1 is 0.892 bits per heavy atom. The summed E-state index contributed by atoms with van der Waals surface area (Å²) in [6.07, 6.45) is 3.51. The first-order valence-corrected chi connectivity index (χ1v) is 12.2. The Morgan fingerprint density at radius 2 is 1.78 bits per heavy atom. The number of ether oxygens (including phenoxy) is 4. The maximum atomic E-state index is 6.19. The number of imidazole rings is 1. The summed E-state index contributed by atoms with van der Waals surface area (Å²) in [5, 5.41) is 5.81. The van der Waals surface area contributed by atoms with E-state index in [1.807, 2.05) is 60.8 Å². The smallest absolute Gasteiger partial charge is 0.294 e. The summed E-state index contributed by atoms with van der Waals surface area (Å²) < 4.78 is 29.9. The zero-order valence-electron chi connectivity index (χ0n) is 20.3. The number of nitrogens with zero attached hydrogens (tertiary/aromatic N) is 4. The second kappa shape index (κ2) is 9.47. The van der Waals surface area contributed by atoms with Crippen molar-refractivity contribution in [1.82, 2.24) is 19.6 Å². The van der Waals surface area contributed by atoms with Crippen molar-refractivity contribution in [3.05, 3.63) is 72.6 Å². The van der Waals surface area contributed by atoms with Gasteiger partial charge < -0.3 is 23.4 Å². The molecule has 0 fully saturated rings. The Kier molecular flexibility index (Phi) is 5.85. The maximum Gasteiger partial charge on any atom is 0.294 e. The summed E-state index contributed by atoms with van der Waals surface area (Å²) in [6.45, 7) is 0.323. The van der Waals surface area contributed by atoms with Crippen LogP contribution in [0.5, 0.6) is 22.4 Å². The molecule has 0 saturated heterocycles. The lowest BCUT2D eigenvalue weighted by atomic mass is 10.1. The van der Waals surface area contributed by atoms with Gasteiger partial charge in [-0.1, -0.05) is 12.1 Å². The van der Waals surface area contributed by atoms with Crippen molar-refractivity contribution < 1.29 is 23.4 Å². The van der Waals surface area contributed by atoms with Crippen LogP contribution in [0.25, 0.3) is 38.6 Å². The van der Waals surface area contributed by atoms with Crippen molar-refractivity contribution in [2.45, 2.75) is 6.61 Å². The number of fused-ring (bicyclic) bond motifs is 2. The highest BCUT2D eigenvalue weighted by Crippen LogP contribution is 2.34. The van der Waals surface area contributed by atoms with Crippen LogP contribution in [0.15, 0.2) is 71.4 Å². The van der Waals surface area contributed by atoms with Gasteiger partial charge in [0.15, 0.2) is 5.76 Å². The molecule has 0 aliphatic carbocycles. The molecule has 0 aliphatic rings. The van der Waals surface area contributed by atoms with Crippen molar-refractivity contribution in [2.75, 3.05) is 21.3 Å². The van der Waals surface area contributed by atoms with Gasteiger partial charge in [0.1, 0.15) is 35.1 Å². The number of aromatic nitrogens is 4. The van der Waals surface area contributed by atoms with Crippen LogP contribution >= 0.6 is 11.3 Å². The SMILES string of the molecule is COc1ccc(-c2cccc(OCc3cc(OC)cc4oc(-c5cn6nc(OC)sc6n5)cc34)c2)nc1. The molecule has 9 nitrogen and oxygen atoms in total. The molecule has 10 heteroatoms. The topological polar surface area (TPSA) is 93.1 Å². The number of benzene rings is 2. The molecule has 186 valence electrons. The van der Waals surface area contributed by atoms with Gasteiger partial charge in [-0.05, 0) is 47.7 Å². The van der Waals surface area contributed by atoms with Gasteiger partial charge in [-0.3, -0.25) is 4.98 Å². The molecule has 0 saturated carbocycles. The second-order valence-electron chi connectivity index (χ2n) is 8.13. The molecule has 37 heavy (non-hydrogen) atoms. The summed E-state index contributed by atoms with van der Waals surface area (Å²) in [4.78, 5) is 9.82. The van der Waals surface area contributed by atoms with Crippen molar-refractivity contribution in [2.24, 2.45) is 0 Å². The van der Waals surface area contributed by atoms with E-state index in [1.54, 1.807) is 32.0 Å². The van der Waals surface area contributed by atoms with Gasteiger partial charge in [0.2, 0.25) is 4.96 Å². The minimum atomic E-state index is 0.323. The van der Waals surface area contributed by atoms with Gasteiger partial charge in [-0.25, -0.2) is 9.50 Å². The van der Waals surface area contributed by atoms with E-state index in [9.17, 15) is 0 Å². The van der Waals surface area contributed by atoms with E-state index in [2.05, 4.69) is 15.1 Å². The Balaban J connectivity index is 1.28. The van der Waals surface area contributed by atoms with Gasteiger partial charge in [-0.2, -0.15) is 0 Å². The third kappa shape index (κ3) is 4.43. The summed E-state index contributed by atoms with van der Waals surface area (Å²) in [5.41, 5.74) is 4.08. The molecule has 4 heterocycles. The second-order valence-corrected chi connectivity index (χ2v) is 9.05.